The van der Waals surface area contributed by atoms with Crippen molar-refractivity contribution in [2.24, 2.45) is 7.05 Å². The molecule has 0 unspecified atom stereocenters. The van der Waals surface area contributed by atoms with E-state index in [2.05, 4.69) is 15.3 Å². The first-order chi connectivity index (χ1) is 10.2. The van der Waals surface area contributed by atoms with Gasteiger partial charge >= 0.3 is 0 Å². The van der Waals surface area contributed by atoms with Crippen molar-refractivity contribution >= 4 is 22.5 Å². The highest BCUT2D eigenvalue weighted by molar-refractivity contribution is 5.85. The van der Waals surface area contributed by atoms with Crippen molar-refractivity contribution in [1.29, 1.82) is 0 Å². The number of nitrogens with zero attached hydrogens (tertiary/aromatic N) is 3. The van der Waals surface area contributed by atoms with E-state index in [9.17, 15) is 0 Å². The lowest BCUT2D eigenvalue weighted by molar-refractivity contribution is 0.333. The Morgan fingerprint density at radius 3 is 2.81 bits per heavy atom. The van der Waals surface area contributed by atoms with E-state index in [0.29, 0.717) is 13.2 Å². The number of hydrogen-bond acceptors (Lipinski definition) is 5. The molecule has 0 saturated carbocycles. The summed E-state index contributed by atoms with van der Waals surface area (Å²) in [4.78, 5) is 8.67. The molecule has 2 heterocycles. The van der Waals surface area contributed by atoms with Crippen molar-refractivity contribution in [3.05, 3.63) is 42.9 Å². The third-order valence-electron chi connectivity index (χ3n) is 3.19. The number of pyridine rings is 1. The van der Waals surface area contributed by atoms with Crippen LogP contribution in [0.3, 0.4) is 0 Å². The lowest BCUT2D eigenvalue weighted by Crippen LogP contribution is -2.12. The van der Waals surface area contributed by atoms with Crippen LogP contribution in [0.5, 0.6) is 5.75 Å². The average molecular weight is 283 g/mol. The Hall–Kier alpha value is -2.76. The van der Waals surface area contributed by atoms with Crippen molar-refractivity contribution in [2.75, 3.05) is 24.2 Å². The van der Waals surface area contributed by atoms with Gasteiger partial charge in [0.1, 0.15) is 17.9 Å². The molecule has 0 amide bonds. The molecule has 3 rings (SSSR count). The van der Waals surface area contributed by atoms with Crippen molar-refractivity contribution in [3.63, 3.8) is 0 Å². The molecule has 108 valence electrons. The number of nitrogens with one attached hydrogen (secondary N) is 1. The molecule has 0 aliphatic heterocycles. The molecule has 0 fully saturated rings. The van der Waals surface area contributed by atoms with Gasteiger partial charge in [0.15, 0.2) is 5.82 Å². The fourth-order valence-electron chi connectivity index (χ4n) is 2.09. The van der Waals surface area contributed by atoms with Crippen LogP contribution >= 0.6 is 0 Å². The van der Waals surface area contributed by atoms with Gasteiger partial charge in [-0.05, 0) is 30.3 Å². The summed E-state index contributed by atoms with van der Waals surface area (Å²) in [7, 11) is 1.96. The first kappa shape index (κ1) is 13.2. The van der Waals surface area contributed by atoms with Crippen LogP contribution < -0.4 is 15.8 Å². The number of nitrogen functional groups attached to an aromatic ring is 1. The van der Waals surface area contributed by atoms with E-state index < -0.39 is 0 Å². The summed E-state index contributed by atoms with van der Waals surface area (Å²) in [5.74, 6) is 1.57. The SMILES string of the molecule is Cn1cnc2c(NCCOc3ccc(N)cc3)nccc21. The highest BCUT2D eigenvalue weighted by Crippen LogP contribution is 2.18. The zero-order chi connectivity index (χ0) is 14.7. The van der Waals surface area contributed by atoms with Crippen LogP contribution in [0.1, 0.15) is 0 Å². The summed E-state index contributed by atoms with van der Waals surface area (Å²) in [5, 5.41) is 3.25. The molecule has 6 nitrogen and oxygen atoms in total. The van der Waals surface area contributed by atoms with Crippen LogP contribution in [0.15, 0.2) is 42.9 Å². The first-order valence-electron chi connectivity index (χ1n) is 6.72. The molecular formula is C15H17N5O. The number of hydrogen-bond donors (Lipinski definition) is 2. The van der Waals surface area contributed by atoms with Gasteiger partial charge in [0.05, 0.1) is 18.4 Å². The number of benzene rings is 1. The minimum absolute atomic E-state index is 0.537. The molecule has 0 aliphatic rings. The van der Waals surface area contributed by atoms with Gasteiger partial charge in [-0.15, -0.1) is 0 Å². The summed E-state index contributed by atoms with van der Waals surface area (Å²) in [5.41, 5.74) is 8.27. The van der Waals surface area contributed by atoms with E-state index in [1.54, 1.807) is 12.5 Å². The maximum absolute atomic E-state index is 5.63. The second kappa shape index (κ2) is 5.70. The summed E-state index contributed by atoms with van der Waals surface area (Å²) in [6, 6.07) is 9.29. The largest absolute Gasteiger partial charge is 0.492 e. The summed E-state index contributed by atoms with van der Waals surface area (Å²) < 4.78 is 7.59. The van der Waals surface area contributed by atoms with Crippen molar-refractivity contribution in [2.45, 2.75) is 0 Å². The topological polar surface area (TPSA) is 78.0 Å². The van der Waals surface area contributed by atoms with E-state index in [0.717, 1.165) is 28.3 Å². The number of nitrogens with two attached hydrogens (primary N) is 1. The Balaban J connectivity index is 1.58. The zero-order valence-electron chi connectivity index (χ0n) is 11.8. The zero-order valence-corrected chi connectivity index (χ0v) is 11.8. The van der Waals surface area contributed by atoms with E-state index in [1.165, 1.54) is 0 Å². The normalized spacial score (nSPS) is 10.7. The van der Waals surface area contributed by atoms with E-state index in [4.69, 9.17) is 10.5 Å². The summed E-state index contributed by atoms with van der Waals surface area (Å²) in [6.45, 7) is 1.18. The standard InChI is InChI=1S/C15H17N5O/c1-20-10-19-14-13(20)6-7-17-15(14)18-8-9-21-12-4-2-11(16)3-5-12/h2-7,10H,8-9,16H2,1H3,(H,17,18). The van der Waals surface area contributed by atoms with Gasteiger partial charge in [0, 0.05) is 18.9 Å². The Morgan fingerprint density at radius 2 is 2.00 bits per heavy atom. The molecule has 0 bridgehead atoms. The van der Waals surface area contributed by atoms with E-state index in [1.807, 2.05) is 41.9 Å². The predicted octanol–water partition coefficient (Wildman–Crippen LogP) is 2.04. The smallest absolute Gasteiger partial charge is 0.154 e. The van der Waals surface area contributed by atoms with Gasteiger partial charge in [-0.3, -0.25) is 0 Å². The number of anilines is 2. The van der Waals surface area contributed by atoms with Crippen LogP contribution in [0, 0.1) is 0 Å². The molecule has 0 aliphatic carbocycles. The molecule has 21 heavy (non-hydrogen) atoms. The third-order valence-corrected chi connectivity index (χ3v) is 3.19. The predicted molar refractivity (Wildman–Crippen MR) is 83.3 cm³/mol. The molecule has 6 heteroatoms. The highest BCUT2D eigenvalue weighted by atomic mass is 16.5. The van der Waals surface area contributed by atoms with Crippen molar-refractivity contribution < 1.29 is 4.74 Å². The molecule has 2 aromatic heterocycles. The Morgan fingerprint density at radius 1 is 1.19 bits per heavy atom. The Bertz CT molecular complexity index is 735. The monoisotopic (exact) mass is 283 g/mol. The third kappa shape index (κ3) is 2.89. The highest BCUT2D eigenvalue weighted by Gasteiger charge is 2.05. The summed E-state index contributed by atoms with van der Waals surface area (Å²) >= 11 is 0. The van der Waals surface area contributed by atoms with Gasteiger partial charge in [-0.25, -0.2) is 9.97 Å². The number of ether oxygens (including phenoxy) is 1. The fourth-order valence-corrected chi connectivity index (χ4v) is 2.09. The van der Waals surface area contributed by atoms with Crippen molar-refractivity contribution in [3.8, 4) is 5.75 Å². The van der Waals surface area contributed by atoms with Crippen LogP contribution in [0.25, 0.3) is 11.0 Å². The number of imidazole rings is 1. The number of rotatable bonds is 5. The Labute approximate surface area is 122 Å². The van der Waals surface area contributed by atoms with Gasteiger partial charge in [-0.1, -0.05) is 0 Å². The van der Waals surface area contributed by atoms with Gasteiger partial charge < -0.3 is 20.4 Å². The number of aryl methyl sites for hydroxylation is 1. The number of aromatic nitrogens is 3. The van der Waals surface area contributed by atoms with Crippen LogP contribution in [0.4, 0.5) is 11.5 Å². The maximum atomic E-state index is 5.63. The minimum Gasteiger partial charge on any atom is -0.492 e. The first-order valence-corrected chi connectivity index (χ1v) is 6.72. The molecule has 0 spiro atoms. The van der Waals surface area contributed by atoms with Crippen LogP contribution in [0.2, 0.25) is 0 Å². The second-order valence-electron chi connectivity index (χ2n) is 4.73. The van der Waals surface area contributed by atoms with Crippen LogP contribution in [-0.2, 0) is 7.05 Å². The molecule has 1 aromatic carbocycles. The van der Waals surface area contributed by atoms with E-state index in [-0.39, 0.29) is 0 Å². The molecular weight excluding hydrogens is 266 g/mol. The lowest BCUT2D eigenvalue weighted by atomic mass is 10.3. The molecule has 3 N–H and O–H groups in total. The maximum Gasteiger partial charge on any atom is 0.154 e. The Kier molecular flexibility index (Phi) is 3.59. The average Bonchev–Trinajstić information content (AvgIpc) is 2.88. The minimum atomic E-state index is 0.537. The summed E-state index contributed by atoms with van der Waals surface area (Å²) in [6.07, 6.45) is 3.55. The molecule has 0 saturated heterocycles. The molecule has 3 aromatic rings. The van der Waals surface area contributed by atoms with Gasteiger partial charge in [-0.2, -0.15) is 0 Å². The molecule has 0 radical (unpaired) electrons. The fraction of sp³-hybridized carbons (Fsp3) is 0.200. The van der Waals surface area contributed by atoms with Gasteiger partial charge in [0.25, 0.3) is 0 Å². The van der Waals surface area contributed by atoms with Gasteiger partial charge in [0.2, 0.25) is 0 Å². The van der Waals surface area contributed by atoms with Crippen LogP contribution in [-0.4, -0.2) is 27.7 Å². The van der Waals surface area contributed by atoms with E-state index >= 15 is 0 Å². The lowest BCUT2D eigenvalue weighted by Gasteiger charge is -2.08. The van der Waals surface area contributed by atoms with Crippen molar-refractivity contribution in [1.82, 2.24) is 14.5 Å². The second-order valence-corrected chi connectivity index (χ2v) is 4.73. The number of fused-ring (bicyclic) bond motifs is 1. The quantitative estimate of drug-likeness (QED) is 0.553. The molecule has 0 atom stereocenters.